The zero-order valence-electron chi connectivity index (χ0n) is 66.4. The minimum Gasteiger partial charge on any atom is -0.481 e. The molecule has 0 saturated carbocycles. The molecule has 1 aliphatic rings. The number of ether oxygens (including phenoxy) is 2. The number of aliphatic carboxylic acids is 4. The summed E-state index contributed by atoms with van der Waals surface area (Å²) < 4.78 is 11.1. The average Bonchev–Trinajstić information content (AvgIpc) is 1.53. The molecule has 1 aromatic heterocycles. The molecule has 0 aliphatic carbocycles. The Balaban J connectivity index is 1.92. The third kappa shape index (κ3) is 34.7. The van der Waals surface area contributed by atoms with Gasteiger partial charge in [-0.15, -0.1) is 0 Å². The number of para-hydroxylation sites is 1. The van der Waals surface area contributed by atoms with E-state index in [-0.39, 0.29) is 47.3 Å². The fourth-order valence-electron chi connectivity index (χ4n) is 12.0. The lowest BCUT2D eigenvalue weighted by Crippen LogP contribution is -2.62. The van der Waals surface area contributed by atoms with E-state index in [1.54, 1.807) is 37.4 Å². The molecule has 1 fully saturated rings. The first-order chi connectivity index (χ1) is 56.8. The zero-order valence-corrected chi connectivity index (χ0v) is 68.1. The molecule has 45 heteroatoms. The van der Waals surface area contributed by atoms with Crippen molar-refractivity contribution in [3.8, 4) is 0 Å². The van der Waals surface area contributed by atoms with E-state index in [0.717, 1.165) is 64.6 Å². The van der Waals surface area contributed by atoms with Crippen LogP contribution < -0.4 is 80.6 Å². The number of aliphatic hydroxyl groups is 1. The standard InChI is InChI=1S/C75H104N16O27S2/c1-6-8-9-10-11-12-13-24-55(95)83-45(27-40-33-78-43-21-16-14-19-41(40)43)68(110)86-46(29-54(77)94)69(111)88-49(32-61(104)105)70(112)91-63-39(5)118-74(116)50(28-52(93)42-20-15-17-23-53(42)120-75(119)117-7-2)89-73(115)62(37(3)26-58(98)99)90-71(113)51(36-92)84-57(97)34-79-65(107)47(30-59(100)101)85-64(106)38(4)81-67(109)48(31-60(102)103)87-66(108)44(22-18-25-76)82-56(96)35-80-72(63)114/h14-17,19-21,23,33,37-39,44-51,62-63,78,92H,6-13,18,22,24-32,34-36,76H2,1-5H3,(H2,77,94)(H,79,107)(H,80,114)(H,81,109)(H,82,96)(H,83,95)(H,84,97)(H,85,106)(H,86,110)(H,87,108)(H,88,111)(H,89,115)(H,90,113)(H,91,112)(H,98,99)(H,100,101)(H,102,103)(H,104,105). The highest BCUT2D eigenvalue weighted by atomic mass is 32.2. The number of hydrogen-bond acceptors (Lipinski definition) is 26. The van der Waals surface area contributed by atoms with Gasteiger partial charge >= 0.3 is 29.8 Å². The third-order valence-electron chi connectivity index (χ3n) is 18.2. The van der Waals surface area contributed by atoms with Crippen LogP contribution in [0.5, 0.6) is 0 Å². The summed E-state index contributed by atoms with van der Waals surface area (Å²) in [5, 5.41) is 79.1. The number of primary amides is 1. The van der Waals surface area contributed by atoms with Crippen LogP contribution in [0.4, 0.5) is 0 Å². The van der Waals surface area contributed by atoms with Crippen LogP contribution in [-0.2, 0) is 107 Å². The van der Waals surface area contributed by atoms with Crippen molar-refractivity contribution in [2.75, 3.05) is 32.8 Å². The van der Waals surface area contributed by atoms with Crippen LogP contribution in [0.2, 0.25) is 0 Å². The Kier molecular flexibility index (Phi) is 42.7. The fraction of sp³-hybridized carbons (Fsp3) is 0.533. The maximum Gasteiger partial charge on any atom is 0.329 e. The summed E-state index contributed by atoms with van der Waals surface area (Å²) in [6, 6.07) is -10.3. The Morgan fingerprint density at radius 2 is 1.13 bits per heavy atom. The number of unbranched alkanes of at least 4 members (excludes halogenated alkanes) is 6. The van der Waals surface area contributed by atoms with E-state index in [0.29, 0.717) is 29.3 Å². The van der Waals surface area contributed by atoms with Crippen molar-refractivity contribution in [2.45, 2.75) is 221 Å². The average molecular weight is 1730 g/mol. The van der Waals surface area contributed by atoms with Gasteiger partial charge in [-0.1, -0.05) is 88.8 Å². The normalized spacial score (nSPS) is 20.7. The predicted molar refractivity (Wildman–Crippen MR) is 426 cm³/mol. The number of carbonyl (C=O) groups is 20. The smallest absolute Gasteiger partial charge is 0.329 e. The van der Waals surface area contributed by atoms with E-state index in [2.05, 4.69) is 65.1 Å². The molecule has 658 valence electrons. The van der Waals surface area contributed by atoms with Gasteiger partial charge in [-0.2, -0.15) is 0 Å². The number of H-pyrrole nitrogens is 1. The molecule has 14 amide bonds. The predicted octanol–water partition coefficient (Wildman–Crippen LogP) is -3.79. The number of cyclic esters (lactones) is 1. The van der Waals surface area contributed by atoms with Gasteiger partial charge in [0.05, 0.1) is 58.4 Å². The summed E-state index contributed by atoms with van der Waals surface area (Å²) in [5.41, 5.74) is 12.3. The largest absolute Gasteiger partial charge is 0.481 e. The number of carbonyl (C=O) groups excluding carboxylic acids is 16. The van der Waals surface area contributed by atoms with E-state index >= 15 is 4.79 Å². The number of nitrogens with one attached hydrogen (secondary N) is 14. The number of carboxylic acids is 4. The van der Waals surface area contributed by atoms with Gasteiger partial charge < -0.3 is 121 Å². The number of amides is 14. The van der Waals surface area contributed by atoms with Gasteiger partial charge in [-0.25, -0.2) is 4.79 Å². The van der Waals surface area contributed by atoms with Crippen molar-refractivity contribution < 1.29 is 131 Å². The highest BCUT2D eigenvalue weighted by Crippen LogP contribution is 2.27. The summed E-state index contributed by atoms with van der Waals surface area (Å²) >= 11 is 6.07. The molecule has 1 saturated heterocycles. The number of hydrogen-bond donors (Lipinski definition) is 21. The van der Waals surface area contributed by atoms with Gasteiger partial charge in [-0.3, -0.25) is 91.1 Å². The van der Waals surface area contributed by atoms with E-state index in [4.69, 9.17) is 33.2 Å². The molecule has 0 bridgehead atoms. The summed E-state index contributed by atoms with van der Waals surface area (Å²) in [4.78, 5) is 278. The SMILES string of the molecule is CCCCCCCCCC(=O)NC(Cc1c[nH]c2ccccc12)C(=O)NC(CC(N)=O)C(=O)NC(CC(=O)O)C(=O)NC1C(=O)NCC(=O)NC(CCCN)C(=O)NC(CC(=O)O)C(=O)NC(C)C(=O)NC(CC(=O)O)C(=O)NCC(=O)NC(CO)C(=O)NC(C(C)CC(=O)O)C(=O)NC(CC(=O)c2ccccc2SC(=S)OCC)C(=O)OC1C. The second kappa shape index (κ2) is 51.2. The molecule has 3 aromatic rings. The lowest BCUT2D eigenvalue weighted by molar-refractivity contribution is -0.156. The Bertz CT molecular complexity index is 4220. The van der Waals surface area contributed by atoms with E-state index in [9.17, 15) is 117 Å². The van der Waals surface area contributed by atoms with Gasteiger partial charge in [0, 0.05) is 46.8 Å². The molecule has 0 radical (unpaired) electrons. The Hall–Kier alpha value is -12.3. The summed E-state index contributed by atoms with van der Waals surface area (Å²) in [6.45, 7) is 2.77. The number of nitrogens with two attached hydrogens (primary N) is 2. The van der Waals surface area contributed by atoms with Gasteiger partial charge in [-0.05, 0) is 94.2 Å². The van der Waals surface area contributed by atoms with Gasteiger partial charge in [0.1, 0.15) is 72.6 Å². The van der Waals surface area contributed by atoms with Gasteiger partial charge in [0.2, 0.25) is 87.1 Å². The van der Waals surface area contributed by atoms with Crippen molar-refractivity contribution in [3.63, 3.8) is 0 Å². The highest BCUT2D eigenvalue weighted by molar-refractivity contribution is 8.22. The molecule has 4 rings (SSSR count). The topological polar surface area (TPSA) is 685 Å². The number of aromatic nitrogens is 1. The monoisotopic (exact) mass is 1720 g/mol. The van der Waals surface area contributed by atoms with Crippen molar-refractivity contribution in [2.24, 2.45) is 17.4 Å². The fourth-order valence-corrected chi connectivity index (χ4v) is 13.2. The third-order valence-corrected chi connectivity index (χ3v) is 19.5. The number of carboxylic acid groups (broad SMARTS) is 4. The Morgan fingerprint density at radius 1 is 0.583 bits per heavy atom. The molecule has 13 atom stereocenters. The quantitative estimate of drug-likeness (QED) is 0.00866. The molecule has 2 heterocycles. The second-order valence-electron chi connectivity index (χ2n) is 27.9. The number of esters is 1. The van der Waals surface area contributed by atoms with Gasteiger partial charge in [0.15, 0.2) is 5.78 Å². The number of aromatic amines is 1. The van der Waals surface area contributed by atoms with Crippen LogP contribution in [-0.4, -0.2) is 259 Å². The minimum absolute atomic E-state index is 0.0224. The molecular formula is C75H104N16O27S2. The second-order valence-corrected chi connectivity index (χ2v) is 29.6. The molecule has 23 N–H and O–H groups in total. The van der Waals surface area contributed by atoms with Crippen molar-refractivity contribution in [3.05, 3.63) is 65.9 Å². The number of aliphatic hydroxyl groups excluding tert-OH is 1. The highest BCUT2D eigenvalue weighted by Gasteiger charge is 2.41. The molecule has 0 spiro atoms. The van der Waals surface area contributed by atoms with Crippen LogP contribution in [0.15, 0.2) is 59.6 Å². The summed E-state index contributed by atoms with van der Waals surface area (Å²) in [7, 11) is 0. The first-order valence-electron chi connectivity index (χ1n) is 38.3. The number of benzene rings is 2. The van der Waals surface area contributed by atoms with Crippen molar-refractivity contribution >= 4 is 158 Å². The molecule has 13 unspecified atom stereocenters. The molecule has 1 aliphatic heterocycles. The number of rotatable bonds is 37. The van der Waals surface area contributed by atoms with Crippen LogP contribution in [0.25, 0.3) is 10.9 Å². The number of thioether (sulfide) groups is 1. The summed E-state index contributed by atoms with van der Waals surface area (Å²) in [5.74, 6) is -29.8. The number of ketones is 1. The molecular weight excluding hydrogens is 1620 g/mol. The van der Waals surface area contributed by atoms with E-state index in [1.165, 1.54) is 24.3 Å². The van der Waals surface area contributed by atoms with Crippen LogP contribution in [0, 0.1) is 5.92 Å². The zero-order chi connectivity index (χ0) is 89.5. The van der Waals surface area contributed by atoms with Gasteiger partial charge in [0.25, 0.3) is 0 Å². The molecule has 43 nitrogen and oxygen atoms in total. The summed E-state index contributed by atoms with van der Waals surface area (Å²) in [6.07, 6.45) is -2.43. The lowest BCUT2D eigenvalue weighted by atomic mass is 9.96. The van der Waals surface area contributed by atoms with Crippen LogP contribution >= 0.6 is 24.0 Å². The van der Waals surface area contributed by atoms with E-state index < -0.39 is 261 Å². The lowest BCUT2D eigenvalue weighted by Gasteiger charge is -2.30. The first kappa shape index (κ1) is 100. The molecule has 120 heavy (non-hydrogen) atoms. The maximum absolute atomic E-state index is 15.1. The minimum atomic E-state index is -2.47. The number of Topliss-reactive ketones (excluding diaryl/α,β-unsaturated/α-hetero) is 1. The molecule has 2 aromatic carbocycles. The van der Waals surface area contributed by atoms with Crippen molar-refractivity contribution in [1.29, 1.82) is 0 Å². The Morgan fingerprint density at radius 3 is 1.74 bits per heavy atom. The van der Waals surface area contributed by atoms with E-state index in [1.807, 2.05) is 16.0 Å². The maximum atomic E-state index is 15.1. The van der Waals surface area contributed by atoms with Crippen molar-refractivity contribution in [1.82, 2.24) is 74.1 Å². The number of thiocarbonyl (C=S) groups is 1. The Labute approximate surface area is 696 Å². The van der Waals surface area contributed by atoms with Crippen LogP contribution in [0.3, 0.4) is 0 Å². The van der Waals surface area contributed by atoms with Crippen LogP contribution in [0.1, 0.15) is 153 Å². The number of fused-ring (bicyclic) bond motifs is 1. The first-order valence-corrected chi connectivity index (χ1v) is 39.6.